The Morgan fingerprint density at radius 3 is 1.49 bits per heavy atom. The molecule has 8 rings (SSSR count). The molecule has 0 N–H and O–H groups in total. The maximum atomic E-state index is 3.98. The Morgan fingerprint density at radius 1 is 0.465 bits per heavy atom. The van der Waals surface area contributed by atoms with Crippen molar-refractivity contribution >= 4 is 49.7 Å². The van der Waals surface area contributed by atoms with Gasteiger partial charge in [0.2, 0.25) is 0 Å². The van der Waals surface area contributed by atoms with Crippen molar-refractivity contribution in [3.05, 3.63) is 150 Å². The topological polar surface area (TPSA) is 9.86 Å². The number of aromatic nitrogens is 2. The lowest BCUT2D eigenvalue weighted by Gasteiger charge is -2.16. The second-order valence-corrected chi connectivity index (χ2v) is 11.7. The summed E-state index contributed by atoms with van der Waals surface area (Å²) in [5.74, 6) is 0. The van der Waals surface area contributed by atoms with E-state index >= 15 is 0 Å². The number of hydrogen-bond acceptors (Lipinski definition) is 0. The van der Waals surface area contributed by atoms with Crippen LogP contribution in [0.4, 0.5) is 0 Å². The molecule has 0 unspecified atom stereocenters. The van der Waals surface area contributed by atoms with E-state index in [1.807, 2.05) is 6.08 Å². The van der Waals surface area contributed by atoms with Crippen LogP contribution in [-0.2, 0) is 0 Å². The standard InChI is InChI=1S/C41H32N2/c1-5-29-15-21-41-37(25-29)35-11-7-9-13-39(35)43(41)31-17-19-33(28(4)24-31)32-18-16-30(23-27(32)3)42-38-12-8-6-10-34(38)36-22-26(2)14-20-40(36)42/h5-25H,1H2,2-4H3. The lowest BCUT2D eigenvalue weighted by molar-refractivity contribution is 1.16. The number of benzene rings is 6. The number of hydrogen-bond donors (Lipinski definition) is 0. The first-order chi connectivity index (χ1) is 21.0. The van der Waals surface area contributed by atoms with E-state index in [2.05, 4.69) is 158 Å². The summed E-state index contributed by atoms with van der Waals surface area (Å²) in [4.78, 5) is 0. The quantitative estimate of drug-likeness (QED) is 0.205. The van der Waals surface area contributed by atoms with Crippen molar-refractivity contribution in [2.24, 2.45) is 0 Å². The minimum Gasteiger partial charge on any atom is -0.309 e. The lowest BCUT2D eigenvalue weighted by atomic mass is 9.95. The van der Waals surface area contributed by atoms with Gasteiger partial charge in [0, 0.05) is 32.9 Å². The normalized spacial score (nSPS) is 11.7. The average Bonchev–Trinajstić information content (AvgIpc) is 3.53. The van der Waals surface area contributed by atoms with Crippen LogP contribution < -0.4 is 0 Å². The van der Waals surface area contributed by atoms with Crippen LogP contribution in [0, 0.1) is 20.8 Å². The maximum Gasteiger partial charge on any atom is 0.0541 e. The molecule has 0 radical (unpaired) electrons. The van der Waals surface area contributed by atoms with E-state index in [1.54, 1.807) is 0 Å². The van der Waals surface area contributed by atoms with Crippen LogP contribution in [0.25, 0.3) is 72.2 Å². The summed E-state index contributed by atoms with van der Waals surface area (Å²) in [5, 5.41) is 5.10. The number of aryl methyl sites for hydroxylation is 3. The zero-order valence-corrected chi connectivity index (χ0v) is 24.7. The molecule has 0 atom stereocenters. The Morgan fingerprint density at radius 2 is 0.953 bits per heavy atom. The highest BCUT2D eigenvalue weighted by molar-refractivity contribution is 6.10. The Bertz CT molecular complexity index is 2400. The van der Waals surface area contributed by atoms with Gasteiger partial charge in [-0.25, -0.2) is 0 Å². The first-order valence-corrected chi connectivity index (χ1v) is 14.9. The molecule has 0 amide bonds. The third-order valence-corrected chi connectivity index (χ3v) is 8.99. The van der Waals surface area contributed by atoms with Gasteiger partial charge in [-0.05, 0) is 109 Å². The Labute approximate surface area is 251 Å². The molecule has 0 saturated heterocycles. The van der Waals surface area contributed by atoms with Gasteiger partial charge in [0.05, 0.1) is 22.1 Å². The van der Waals surface area contributed by atoms with Crippen molar-refractivity contribution in [2.45, 2.75) is 20.8 Å². The lowest BCUT2D eigenvalue weighted by Crippen LogP contribution is -1.98. The van der Waals surface area contributed by atoms with Gasteiger partial charge in [0.1, 0.15) is 0 Å². The van der Waals surface area contributed by atoms with Crippen LogP contribution in [0.1, 0.15) is 22.3 Å². The molecule has 0 saturated carbocycles. The molecule has 0 aliphatic heterocycles. The van der Waals surface area contributed by atoms with Crippen LogP contribution >= 0.6 is 0 Å². The van der Waals surface area contributed by atoms with E-state index in [0.717, 1.165) is 5.56 Å². The first kappa shape index (κ1) is 25.4. The molecule has 6 aromatic carbocycles. The summed E-state index contributed by atoms with van der Waals surface area (Å²) in [6.07, 6.45) is 1.92. The number of fused-ring (bicyclic) bond motifs is 6. The highest BCUT2D eigenvalue weighted by atomic mass is 15.0. The summed E-state index contributed by atoms with van der Waals surface area (Å²) in [6, 6.07) is 44.5. The summed E-state index contributed by atoms with van der Waals surface area (Å²) in [6.45, 7) is 10.6. The SMILES string of the molecule is C=Cc1ccc2c(c1)c1ccccc1n2-c1ccc(-c2ccc(-n3c4ccccc4c4cc(C)ccc43)cc2C)c(C)c1. The van der Waals surface area contributed by atoms with Crippen molar-refractivity contribution < 1.29 is 0 Å². The summed E-state index contributed by atoms with van der Waals surface area (Å²) < 4.78 is 4.78. The molecular formula is C41H32N2. The van der Waals surface area contributed by atoms with Crippen LogP contribution in [0.15, 0.2) is 128 Å². The highest BCUT2D eigenvalue weighted by Crippen LogP contribution is 2.37. The highest BCUT2D eigenvalue weighted by Gasteiger charge is 2.16. The van der Waals surface area contributed by atoms with Gasteiger partial charge in [-0.15, -0.1) is 0 Å². The largest absolute Gasteiger partial charge is 0.309 e. The van der Waals surface area contributed by atoms with E-state index in [9.17, 15) is 0 Å². The number of para-hydroxylation sites is 2. The van der Waals surface area contributed by atoms with E-state index in [1.165, 1.54) is 82.8 Å². The fourth-order valence-corrected chi connectivity index (χ4v) is 6.94. The van der Waals surface area contributed by atoms with E-state index in [0.29, 0.717) is 0 Å². The second kappa shape index (κ2) is 9.61. The molecule has 2 heterocycles. The van der Waals surface area contributed by atoms with Gasteiger partial charge in [0.15, 0.2) is 0 Å². The Hall–Kier alpha value is -5.34. The molecule has 206 valence electrons. The average molecular weight is 553 g/mol. The molecule has 2 heteroatoms. The molecule has 0 aliphatic rings. The fraction of sp³-hybridized carbons (Fsp3) is 0.0732. The minimum absolute atomic E-state index is 1.14. The zero-order chi connectivity index (χ0) is 29.2. The summed E-state index contributed by atoms with van der Waals surface area (Å²) in [7, 11) is 0. The molecule has 0 aliphatic carbocycles. The van der Waals surface area contributed by atoms with Crippen LogP contribution in [0.5, 0.6) is 0 Å². The summed E-state index contributed by atoms with van der Waals surface area (Å²) in [5.41, 5.74) is 14.7. The number of rotatable bonds is 4. The van der Waals surface area contributed by atoms with Crippen molar-refractivity contribution in [2.75, 3.05) is 0 Å². The van der Waals surface area contributed by atoms with Gasteiger partial charge in [-0.1, -0.05) is 78.9 Å². The van der Waals surface area contributed by atoms with Gasteiger partial charge in [0.25, 0.3) is 0 Å². The molecule has 0 fully saturated rings. The molecule has 43 heavy (non-hydrogen) atoms. The molecule has 0 bridgehead atoms. The van der Waals surface area contributed by atoms with Gasteiger partial charge < -0.3 is 9.13 Å². The fourth-order valence-electron chi connectivity index (χ4n) is 6.94. The van der Waals surface area contributed by atoms with Crippen LogP contribution in [-0.4, -0.2) is 9.13 Å². The van der Waals surface area contributed by atoms with E-state index < -0.39 is 0 Å². The predicted octanol–water partition coefficient (Wildman–Crippen LogP) is 11.1. The molecule has 8 aromatic rings. The molecule has 2 aromatic heterocycles. The summed E-state index contributed by atoms with van der Waals surface area (Å²) >= 11 is 0. The zero-order valence-electron chi connectivity index (χ0n) is 24.7. The maximum absolute atomic E-state index is 3.98. The van der Waals surface area contributed by atoms with Gasteiger partial charge >= 0.3 is 0 Å². The minimum atomic E-state index is 1.14. The number of nitrogens with zero attached hydrogens (tertiary/aromatic N) is 2. The third-order valence-electron chi connectivity index (χ3n) is 8.99. The molecule has 2 nitrogen and oxygen atoms in total. The van der Waals surface area contributed by atoms with Crippen molar-refractivity contribution in [3.8, 4) is 22.5 Å². The van der Waals surface area contributed by atoms with Crippen molar-refractivity contribution in [1.82, 2.24) is 9.13 Å². The van der Waals surface area contributed by atoms with Gasteiger partial charge in [-0.3, -0.25) is 0 Å². The smallest absolute Gasteiger partial charge is 0.0541 e. The molecule has 0 spiro atoms. The van der Waals surface area contributed by atoms with Crippen LogP contribution in [0.2, 0.25) is 0 Å². The van der Waals surface area contributed by atoms with Gasteiger partial charge in [-0.2, -0.15) is 0 Å². The van der Waals surface area contributed by atoms with Crippen LogP contribution in [0.3, 0.4) is 0 Å². The third kappa shape index (κ3) is 3.87. The van der Waals surface area contributed by atoms with Crippen molar-refractivity contribution in [1.29, 1.82) is 0 Å². The van der Waals surface area contributed by atoms with Crippen molar-refractivity contribution in [3.63, 3.8) is 0 Å². The van der Waals surface area contributed by atoms with E-state index in [-0.39, 0.29) is 0 Å². The molecular weight excluding hydrogens is 520 g/mol. The predicted molar refractivity (Wildman–Crippen MR) is 185 cm³/mol. The Kier molecular flexibility index (Phi) is 5.67. The second-order valence-electron chi connectivity index (χ2n) is 11.7. The van der Waals surface area contributed by atoms with E-state index in [4.69, 9.17) is 0 Å². The monoisotopic (exact) mass is 552 g/mol. The first-order valence-electron chi connectivity index (χ1n) is 14.9. The Balaban J connectivity index is 1.24.